The number of benzene rings is 2. The molecule has 0 fully saturated rings. The van der Waals surface area contributed by atoms with Crippen LogP contribution in [0.2, 0.25) is 10.0 Å². The van der Waals surface area contributed by atoms with E-state index < -0.39 is 5.97 Å². The van der Waals surface area contributed by atoms with Crippen molar-refractivity contribution in [3.63, 3.8) is 0 Å². The quantitative estimate of drug-likeness (QED) is 0.516. The first kappa shape index (κ1) is 18.6. The van der Waals surface area contributed by atoms with Crippen molar-refractivity contribution in [2.75, 3.05) is 5.32 Å². The van der Waals surface area contributed by atoms with E-state index >= 15 is 0 Å². The molecule has 0 heterocycles. The summed E-state index contributed by atoms with van der Waals surface area (Å²) in [4.78, 5) is 22.1. The summed E-state index contributed by atoms with van der Waals surface area (Å²) >= 11 is 15.6. The van der Waals surface area contributed by atoms with Crippen LogP contribution in [-0.2, 0) is 9.59 Å². The van der Waals surface area contributed by atoms with Gasteiger partial charge in [0.2, 0.25) is 5.91 Å². The van der Waals surface area contributed by atoms with Gasteiger partial charge >= 0.3 is 5.97 Å². The number of ether oxygens (including phenoxy) is 2. The zero-order chi connectivity index (χ0) is 17.9. The molecule has 0 saturated carbocycles. The first-order valence-electron chi connectivity index (χ1n) is 6.68. The Labute approximate surface area is 157 Å². The summed E-state index contributed by atoms with van der Waals surface area (Å²) < 4.78 is 11.3. The van der Waals surface area contributed by atoms with Crippen molar-refractivity contribution in [2.45, 2.75) is 13.8 Å². The number of nitrogens with one attached hydrogen (secondary N) is 1. The van der Waals surface area contributed by atoms with E-state index in [1.165, 1.54) is 26.0 Å². The molecule has 0 aliphatic carbocycles. The molecule has 8 heteroatoms. The molecule has 0 bridgehead atoms. The number of hydrogen-bond acceptors (Lipinski definition) is 4. The maximum atomic E-state index is 11.1. The van der Waals surface area contributed by atoms with Crippen LogP contribution in [0.4, 0.5) is 5.69 Å². The van der Waals surface area contributed by atoms with E-state index in [1.807, 2.05) is 0 Å². The number of rotatable bonds is 4. The van der Waals surface area contributed by atoms with Crippen LogP contribution in [0.25, 0.3) is 0 Å². The average molecular weight is 433 g/mol. The minimum Gasteiger partial charge on any atom is -0.454 e. The van der Waals surface area contributed by atoms with Gasteiger partial charge in [0, 0.05) is 30.5 Å². The van der Waals surface area contributed by atoms with Crippen molar-refractivity contribution in [1.29, 1.82) is 0 Å². The smallest absolute Gasteiger partial charge is 0.308 e. The predicted molar refractivity (Wildman–Crippen MR) is 96.3 cm³/mol. The van der Waals surface area contributed by atoms with Crippen molar-refractivity contribution in [3.8, 4) is 17.2 Å². The third-order valence-electron chi connectivity index (χ3n) is 2.70. The highest BCUT2D eigenvalue weighted by molar-refractivity contribution is 9.10. The van der Waals surface area contributed by atoms with Gasteiger partial charge in [0.25, 0.3) is 0 Å². The molecule has 126 valence electrons. The van der Waals surface area contributed by atoms with Gasteiger partial charge in [-0.05, 0) is 34.1 Å². The SMILES string of the molecule is CC(=O)Nc1ccc(Oc2c(Cl)cc(OC(C)=O)cc2Cl)cc1Br. The highest BCUT2D eigenvalue weighted by atomic mass is 79.9. The van der Waals surface area contributed by atoms with Crippen LogP contribution in [-0.4, -0.2) is 11.9 Å². The van der Waals surface area contributed by atoms with Gasteiger partial charge in [-0.25, -0.2) is 0 Å². The summed E-state index contributed by atoms with van der Waals surface area (Å²) in [6, 6.07) is 7.87. The summed E-state index contributed by atoms with van der Waals surface area (Å²) in [5.74, 6) is 0.255. The highest BCUT2D eigenvalue weighted by Gasteiger charge is 2.13. The van der Waals surface area contributed by atoms with Crippen LogP contribution in [0.1, 0.15) is 13.8 Å². The third-order valence-corrected chi connectivity index (χ3v) is 3.92. The third kappa shape index (κ3) is 4.87. The summed E-state index contributed by atoms with van der Waals surface area (Å²) in [7, 11) is 0. The monoisotopic (exact) mass is 431 g/mol. The normalized spacial score (nSPS) is 10.2. The largest absolute Gasteiger partial charge is 0.454 e. The molecule has 0 aromatic heterocycles. The predicted octanol–water partition coefficient (Wildman–Crippen LogP) is 5.43. The number of anilines is 1. The Kier molecular flexibility index (Phi) is 6.10. The zero-order valence-corrected chi connectivity index (χ0v) is 15.8. The Bertz CT molecular complexity index is 788. The van der Waals surface area contributed by atoms with Crippen molar-refractivity contribution in [1.82, 2.24) is 0 Å². The minimum absolute atomic E-state index is 0.184. The van der Waals surface area contributed by atoms with E-state index in [1.54, 1.807) is 18.2 Å². The number of esters is 1. The molecule has 1 N–H and O–H groups in total. The van der Waals surface area contributed by atoms with Gasteiger partial charge in [0.05, 0.1) is 15.7 Å². The van der Waals surface area contributed by atoms with Gasteiger partial charge in [-0.3, -0.25) is 9.59 Å². The van der Waals surface area contributed by atoms with Crippen LogP contribution in [0.3, 0.4) is 0 Å². The Morgan fingerprint density at radius 3 is 2.17 bits per heavy atom. The Balaban J connectivity index is 2.26. The van der Waals surface area contributed by atoms with Crippen LogP contribution >= 0.6 is 39.1 Å². The Hall–Kier alpha value is -1.76. The topological polar surface area (TPSA) is 64.6 Å². The van der Waals surface area contributed by atoms with Crippen LogP contribution in [0, 0.1) is 0 Å². The van der Waals surface area contributed by atoms with E-state index in [-0.39, 0.29) is 27.5 Å². The molecular formula is C16H12BrCl2NO4. The molecule has 0 aliphatic rings. The van der Waals surface area contributed by atoms with E-state index in [2.05, 4.69) is 21.2 Å². The molecular weight excluding hydrogens is 421 g/mol. The number of carbonyl (C=O) groups is 2. The molecule has 0 atom stereocenters. The van der Waals surface area contributed by atoms with Gasteiger partial charge in [-0.15, -0.1) is 0 Å². The van der Waals surface area contributed by atoms with Gasteiger partial charge in [-0.2, -0.15) is 0 Å². The van der Waals surface area contributed by atoms with E-state index in [9.17, 15) is 9.59 Å². The first-order valence-corrected chi connectivity index (χ1v) is 8.23. The second-order valence-electron chi connectivity index (χ2n) is 4.73. The average Bonchev–Trinajstić information content (AvgIpc) is 2.44. The fourth-order valence-corrected chi connectivity index (χ4v) is 2.83. The van der Waals surface area contributed by atoms with Crippen LogP contribution in [0.5, 0.6) is 17.2 Å². The maximum Gasteiger partial charge on any atom is 0.308 e. The van der Waals surface area contributed by atoms with Gasteiger partial charge in [0.1, 0.15) is 11.5 Å². The van der Waals surface area contributed by atoms with Gasteiger partial charge < -0.3 is 14.8 Å². The molecule has 0 saturated heterocycles. The van der Waals surface area contributed by atoms with Crippen molar-refractivity contribution in [3.05, 3.63) is 44.8 Å². The lowest BCUT2D eigenvalue weighted by Crippen LogP contribution is -2.06. The van der Waals surface area contributed by atoms with Crippen molar-refractivity contribution < 1.29 is 19.1 Å². The molecule has 2 aromatic rings. The molecule has 2 rings (SSSR count). The lowest BCUT2D eigenvalue weighted by atomic mass is 10.3. The number of carbonyl (C=O) groups excluding carboxylic acids is 2. The second-order valence-corrected chi connectivity index (χ2v) is 6.40. The molecule has 24 heavy (non-hydrogen) atoms. The fraction of sp³-hybridized carbons (Fsp3) is 0.125. The molecule has 0 aliphatic heterocycles. The van der Waals surface area contributed by atoms with Crippen molar-refractivity contribution >= 4 is 56.7 Å². The number of halogens is 3. The summed E-state index contributed by atoms with van der Waals surface area (Å²) in [5, 5.41) is 3.06. The van der Waals surface area contributed by atoms with Crippen molar-refractivity contribution in [2.24, 2.45) is 0 Å². The fourth-order valence-electron chi connectivity index (χ4n) is 1.83. The second kappa shape index (κ2) is 7.88. The lowest BCUT2D eigenvalue weighted by Gasteiger charge is -2.13. The minimum atomic E-state index is -0.478. The first-order chi connectivity index (χ1) is 11.3. The maximum absolute atomic E-state index is 11.1. The number of hydrogen-bond donors (Lipinski definition) is 1. The zero-order valence-electron chi connectivity index (χ0n) is 12.7. The lowest BCUT2D eigenvalue weighted by molar-refractivity contribution is -0.131. The molecule has 2 aromatic carbocycles. The van der Waals surface area contributed by atoms with E-state index in [0.29, 0.717) is 15.9 Å². The Morgan fingerprint density at radius 1 is 1.04 bits per heavy atom. The summed E-state index contributed by atoms with van der Waals surface area (Å²) in [6.45, 7) is 2.70. The summed E-state index contributed by atoms with van der Waals surface area (Å²) in [5.41, 5.74) is 0.609. The molecule has 0 spiro atoms. The highest BCUT2D eigenvalue weighted by Crippen LogP contribution is 2.40. The van der Waals surface area contributed by atoms with Crippen LogP contribution in [0.15, 0.2) is 34.8 Å². The molecule has 1 amide bonds. The van der Waals surface area contributed by atoms with E-state index in [4.69, 9.17) is 32.7 Å². The standard InChI is InChI=1S/C16H12BrCl2NO4/c1-8(21)20-15-4-3-10(5-12(15)17)24-16-13(18)6-11(7-14(16)19)23-9(2)22/h3-7H,1-2H3,(H,20,21). The molecule has 0 radical (unpaired) electrons. The van der Waals surface area contributed by atoms with Gasteiger partial charge in [-0.1, -0.05) is 23.2 Å². The summed E-state index contributed by atoms with van der Waals surface area (Å²) in [6.07, 6.45) is 0. The van der Waals surface area contributed by atoms with Gasteiger partial charge in [0.15, 0.2) is 5.75 Å². The van der Waals surface area contributed by atoms with Crippen LogP contribution < -0.4 is 14.8 Å². The van der Waals surface area contributed by atoms with E-state index in [0.717, 1.165) is 0 Å². The Morgan fingerprint density at radius 2 is 1.67 bits per heavy atom. The molecule has 0 unspecified atom stereocenters. The molecule has 5 nitrogen and oxygen atoms in total. The number of amides is 1.